The minimum Gasteiger partial charge on any atom is -0.481 e. The predicted molar refractivity (Wildman–Crippen MR) is 308 cm³/mol. The van der Waals surface area contributed by atoms with Crippen LogP contribution in [0.1, 0.15) is 49.7 Å². The lowest BCUT2D eigenvalue weighted by Gasteiger charge is -2.27. The topological polar surface area (TPSA) is 441 Å². The van der Waals surface area contributed by atoms with Gasteiger partial charge >= 0.3 is 5.97 Å². The Morgan fingerprint density at radius 2 is 1.31 bits per heavy atom. The zero-order valence-corrected chi connectivity index (χ0v) is 48.0. The van der Waals surface area contributed by atoms with E-state index in [1.54, 1.807) is 30.3 Å². The van der Waals surface area contributed by atoms with Crippen molar-refractivity contribution >= 4 is 111 Å². The third-order valence-electron chi connectivity index (χ3n) is 12.0. The molecule has 84 heavy (non-hydrogen) atoms. The number of nitrogens with one attached hydrogen (secondary N) is 12. The number of nitrogens with zero attached hydrogens (tertiary/aromatic N) is 1. The minimum absolute atomic E-state index is 0.0206. The summed E-state index contributed by atoms with van der Waals surface area (Å²) in [6.45, 7) is -1.53. The Morgan fingerprint density at radius 1 is 0.690 bits per heavy atom. The summed E-state index contributed by atoms with van der Waals surface area (Å²) >= 11 is 0.890. The van der Waals surface area contributed by atoms with Crippen molar-refractivity contribution in [1.29, 1.82) is 5.41 Å². The van der Waals surface area contributed by atoms with E-state index in [1.807, 2.05) is 0 Å². The second-order valence-corrected chi connectivity index (χ2v) is 22.2. The van der Waals surface area contributed by atoms with Crippen LogP contribution in [0.4, 0.5) is 4.39 Å². The average Bonchev–Trinajstić information content (AvgIpc) is 3.52. The van der Waals surface area contributed by atoms with Crippen LogP contribution in [-0.4, -0.2) is 205 Å². The van der Waals surface area contributed by atoms with Crippen molar-refractivity contribution in [1.82, 2.24) is 58.5 Å². The number of ether oxygens (including phenoxy) is 1. The largest absolute Gasteiger partial charge is 0.481 e. The van der Waals surface area contributed by atoms with E-state index in [0.29, 0.717) is 11.1 Å². The number of hydrogen-bond donors (Lipinski definition) is 15. The minimum atomic E-state index is -1.82. The molecule has 2 fully saturated rings. The highest BCUT2D eigenvalue weighted by Crippen LogP contribution is 2.24. The van der Waals surface area contributed by atoms with Crippen molar-refractivity contribution in [2.45, 2.75) is 87.2 Å². The van der Waals surface area contributed by atoms with Gasteiger partial charge < -0.3 is 84.0 Å². The molecule has 2 saturated heterocycles. The maximum Gasteiger partial charge on any atom is 0.305 e. The second kappa shape index (κ2) is 38.2. The number of aliphatic carboxylic acids is 1. The van der Waals surface area contributed by atoms with Crippen LogP contribution in [0.5, 0.6) is 0 Å². The lowest BCUT2D eigenvalue weighted by molar-refractivity contribution is -0.141. The number of aliphatic hydroxyl groups is 1. The molecule has 2 heterocycles. The molecule has 2 aliphatic heterocycles. The molecule has 7 atom stereocenters. The molecule has 2 aromatic carbocycles. The van der Waals surface area contributed by atoms with E-state index < -0.39 is 133 Å². The van der Waals surface area contributed by atoms with Gasteiger partial charge in [0.25, 0.3) is 5.91 Å². The first-order valence-corrected chi connectivity index (χ1v) is 30.1. The van der Waals surface area contributed by atoms with Crippen LogP contribution in [0.25, 0.3) is 0 Å². The number of carboxylic acids is 1. The molecule has 0 saturated carbocycles. The Hall–Kier alpha value is -7.75. The number of carbonyl (C=O) groups is 11. The molecule has 2 aliphatic rings. The molecule has 0 aliphatic carbocycles. The van der Waals surface area contributed by atoms with E-state index >= 15 is 0 Å². The Bertz CT molecular complexity index is 2600. The fourth-order valence-electron chi connectivity index (χ4n) is 7.73. The number of rotatable bonds is 23. The summed E-state index contributed by atoms with van der Waals surface area (Å²) in [6.07, 6.45) is 0.553. The number of thioether (sulfide) groups is 1. The van der Waals surface area contributed by atoms with Crippen molar-refractivity contribution in [3.8, 4) is 0 Å². The first kappa shape index (κ1) is 68.7. The molecule has 29 nitrogen and oxygen atoms in total. The molecule has 0 unspecified atom stereocenters. The van der Waals surface area contributed by atoms with Crippen LogP contribution in [0.2, 0.25) is 0 Å². The normalized spacial score (nSPS) is 21.9. The molecule has 0 radical (unpaired) electrons. The molecule has 0 spiro atoms. The average molecular weight is 1240 g/mol. The van der Waals surface area contributed by atoms with Gasteiger partial charge in [0.2, 0.25) is 53.2 Å². The number of carbonyl (C=O) groups excluding carboxylic acids is 10. The Morgan fingerprint density at radius 3 is 1.98 bits per heavy atom. The highest BCUT2D eigenvalue weighted by Gasteiger charge is 2.35. The van der Waals surface area contributed by atoms with Gasteiger partial charge in [-0.05, 0) is 55.4 Å². The van der Waals surface area contributed by atoms with Crippen LogP contribution in [0.15, 0.2) is 59.8 Å². The van der Waals surface area contributed by atoms with Gasteiger partial charge in [0, 0.05) is 43.3 Å². The molecule has 4 rings (SSSR count). The quantitative estimate of drug-likeness (QED) is 0.0167. The predicted octanol–water partition coefficient (Wildman–Crippen LogP) is -3.78. The van der Waals surface area contributed by atoms with Gasteiger partial charge in [-0.25, -0.2) is 4.39 Å². The summed E-state index contributed by atoms with van der Waals surface area (Å²) in [5.41, 5.74) is 6.50. The number of nitrogens with two attached hydrogens (primary N) is 1. The van der Waals surface area contributed by atoms with Gasteiger partial charge in [0.1, 0.15) is 48.1 Å². The maximum atomic E-state index is 14.5. The molecule has 33 heteroatoms. The number of carboxylic acid groups (broad SMARTS) is 1. The zero-order valence-electron chi connectivity index (χ0n) is 45.6. The summed E-state index contributed by atoms with van der Waals surface area (Å²) in [4.78, 5) is 156. The van der Waals surface area contributed by atoms with Gasteiger partial charge in [-0.3, -0.25) is 58.1 Å². The maximum absolute atomic E-state index is 14.5. The van der Waals surface area contributed by atoms with E-state index in [2.05, 4.69) is 63.6 Å². The lowest BCUT2D eigenvalue weighted by Crippen LogP contribution is -2.60. The van der Waals surface area contributed by atoms with Crippen LogP contribution < -0.4 is 64.2 Å². The third kappa shape index (κ3) is 27.1. The van der Waals surface area contributed by atoms with E-state index in [-0.39, 0.29) is 107 Å². The number of amides is 10. The SMILES string of the molecule is N=C(N)NCCC[C@@H]1NC(=O)[C@@H]2CSSC[C@H](NC(=O)[C@H](CC(=O)O)NC(=O)CNC1=O)C(=O)N[C@@H](Cc1ccccc1)C(=O)N[C@H](C(=O)NCCOCCO)CSCC(=O)N[C@@H](CCCCNC(=O)CO/N=C/c1ccc(F)cc1)C(=O)N2. The van der Waals surface area contributed by atoms with Crippen LogP contribution in [0, 0.1) is 11.2 Å². The first-order chi connectivity index (χ1) is 40.3. The Balaban J connectivity index is 1.71. The van der Waals surface area contributed by atoms with E-state index in [1.165, 1.54) is 30.5 Å². The summed E-state index contributed by atoms with van der Waals surface area (Å²) < 4.78 is 18.5. The van der Waals surface area contributed by atoms with Gasteiger partial charge in [0.05, 0.1) is 44.8 Å². The molecule has 0 aromatic heterocycles. The van der Waals surface area contributed by atoms with Crippen LogP contribution >= 0.6 is 33.3 Å². The zero-order chi connectivity index (χ0) is 61.2. The standard InChI is InChI=1S/C51H71FN14O15S3/c52-32-13-11-31(12-14-32)23-59-81-25-41(69)55-15-5-4-9-34-46(75)65-38-27-83-84-28-39(66-48(77)36(22-43(71)72)61-40(68)24-58-44(73)33(62-49(38)78)10-6-16-57-51(53)54)50(79)63-35(21-30-7-2-1-3-8-30)47(76)64-37(26-82-29-42(70)60-34)45(74)56-17-19-80-20-18-67/h1-3,7-8,11-14,23,33-39,67H,4-6,9-10,15-22,24-29H2,(H,55,69)(H,56,74)(H,58,73)(H,60,70)(H,61,68)(H,62,78)(H,63,79)(H,64,76)(H,65,75)(H,66,77)(H,71,72)(H4,53,54,57)/b59-23+/t33-,34-,35-,36-,37-,38-,39-/m0/s1. The first-order valence-electron chi connectivity index (χ1n) is 26.5. The second-order valence-electron chi connectivity index (χ2n) is 18.7. The number of unbranched alkanes of at least 4 members (excludes halogenated alkanes) is 1. The number of halogens is 1. The lowest BCUT2D eigenvalue weighted by atomic mass is 10.0. The number of fused-ring (bicyclic) bond motifs is 5. The molecule has 16 N–H and O–H groups in total. The van der Waals surface area contributed by atoms with Crippen molar-refractivity contribution in [2.75, 3.05) is 75.6 Å². The molecule has 460 valence electrons. The van der Waals surface area contributed by atoms with E-state index in [0.717, 1.165) is 33.3 Å². The number of guanidine groups is 1. The summed E-state index contributed by atoms with van der Waals surface area (Å²) in [7, 11) is 1.82. The number of benzene rings is 2. The number of aliphatic hydroxyl groups excluding tert-OH is 1. The van der Waals surface area contributed by atoms with E-state index in [9.17, 15) is 62.2 Å². The van der Waals surface area contributed by atoms with Crippen molar-refractivity contribution < 1.29 is 76.9 Å². The fourth-order valence-corrected chi connectivity index (χ4v) is 10.9. The molecule has 2 aromatic rings. The summed E-state index contributed by atoms with van der Waals surface area (Å²) in [5, 5.41) is 58.3. The van der Waals surface area contributed by atoms with Gasteiger partial charge in [-0.2, -0.15) is 0 Å². The van der Waals surface area contributed by atoms with Gasteiger partial charge in [0.15, 0.2) is 12.6 Å². The fraction of sp³-hybridized carbons (Fsp3) is 0.510. The van der Waals surface area contributed by atoms with Crippen molar-refractivity contribution in [3.63, 3.8) is 0 Å². The summed E-state index contributed by atoms with van der Waals surface area (Å²) in [5.74, 6) is -12.3. The van der Waals surface area contributed by atoms with E-state index in [4.69, 9.17) is 25.8 Å². The monoisotopic (exact) mass is 1230 g/mol. The van der Waals surface area contributed by atoms with Crippen molar-refractivity contribution in [2.24, 2.45) is 10.9 Å². The van der Waals surface area contributed by atoms with Crippen LogP contribution in [0.3, 0.4) is 0 Å². The molecular formula is C51H71FN14O15S3. The highest BCUT2D eigenvalue weighted by atomic mass is 33.1. The summed E-state index contributed by atoms with van der Waals surface area (Å²) in [6, 6.07) is 3.29. The Kier molecular flexibility index (Phi) is 31.2. The van der Waals surface area contributed by atoms with Crippen LogP contribution in [-0.2, 0) is 68.7 Å². The third-order valence-corrected chi connectivity index (χ3v) is 15.4. The van der Waals surface area contributed by atoms with Crippen molar-refractivity contribution in [3.05, 3.63) is 71.5 Å². The molecular weight excluding hydrogens is 1160 g/mol. The molecule has 10 amide bonds. The number of oxime groups is 1. The number of hydrogen-bond acceptors (Lipinski definition) is 19. The highest BCUT2D eigenvalue weighted by molar-refractivity contribution is 8.76. The Labute approximate surface area is 494 Å². The van der Waals surface area contributed by atoms with Gasteiger partial charge in [-0.1, -0.05) is 69.2 Å². The molecule has 2 bridgehead atoms. The smallest absolute Gasteiger partial charge is 0.305 e. The van der Waals surface area contributed by atoms with Gasteiger partial charge in [-0.15, -0.1) is 11.8 Å².